The van der Waals surface area contributed by atoms with Crippen LogP contribution >= 0.6 is 0 Å². The van der Waals surface area contributed by atoms with Gasteiger partial charge in [-0.2, -0.15) is 5.26 Å². The molecule has 0 amide bonds. The minimum absolute atomic E-state index is 0.0982. The highest BCUT2D eigenvalue weighted by atomic mass is 16.5. The SMILES string of the molecule is N#C[C@@H]1COCCN1Cc1ccccc1. The van der Waals surface area contributed by atoms with E-state index in [1.165, 1.54) is 5.56 Å². The van der Waals surface area contributed by atoms with Crippen molar-refractivity contribution >= 4 is 0 Å². The lowest BCUT2D eigenvalue weighted by Gasteiger charge is -2.31. The van der Waals surface area contributed by atoms with Crippen LogP contribution in [0.15, 0.2) is 30.3 Å². The molecular formula is C12H14N2O. The number of rotatable bonds is 2. The highest BCUT2D eigenvalue weighted by Crippen LogP contribution is 2.11. The average molecular weight is 202 g/mol. The van der Waals surface area contributed by atoms with E-state index in [2.05, 4.69) is 23.1 Å². The first-order valence-corrected chi connectivity index (χ1v) is 5.15. The molecule has 1 aromatic carbocycles. The molecule has 3 nitrogen and oxygen atoms in total. The number of nitrogens with zero attached hydrogens (tertiary/aromatic N) is 2. The molecule has 0 N–H and O–H groups in total. The number of ether oxygens (including phenoxy) is 1. The van der Waals surface area contributed by atoms with Crippen LogP contribution in [0, 0.1) is 11.3 Å². The van der Waals surface area contributed by atoms with Gasteiger partial charge in [-0.1, -0.05) is 30.3 Å². The summed E-state index contributed by atoms with van der Waals surface area (Å²) in [5.74, 6) is 0. The van der Waals surface area contributed by atoms with Gasteiger partial charge in [0, 0.05) is 13.1 Å². The van der Waals surface area contributed by atoms with Crippen LogP contribution in [0.25, 0.3) is 0 Å². The van der Waals surface area contributed by atoms with Gasteiger partial charge in [-0.05, 0) is 5.56 Å². The van der Waals surface area contributed by atoms with Crippen molar-refractivity contribution in [1.29, 1.82) is 5.26 Å². The molecule has 1 fully saturated rings. The Labute approximate surface area is 89.9 Å². The smallest absolute Gasteiger partial charge is 0.122 e. The predicted molar refractivity (Wildman–Crippen MR) is 57.1 cm³/mol. The van der Waals surface area contributed by atoms with Crippen LogP contribution in [0.3, 0.4) is 0 Å². The van der Waals surface area contributed by atoms with Crippen LogP contribution in [0.5, 0.6) is 0 Å². The molecule has 1 aromatic rings. The lowest BCUT2D eigenvalue weighted by Crippen LogP contribution is -2.43. The second-order valence-corrected chi connectivity index (χ2v) is 3.68. The summed E-state index contributed by atoms with van der Waals surface area (Å²) in [5.41, 5.74) is 1.25. The van der Waals surface area contributed by atoms with E-state index >= 15 is 0 Å². The lowest BCUT2D eigenvalue weighted by atomic mass is 10.1. The molecule has 3 heteroatoms. The van der Waals surface area contributed by atoms with E-state index in [4.69, 9.17) is 10.00 Å². The molecule has 0 aliphatic carbocycles. The largest absolute Gasteiger partial charge is 0.377 e. The van der Waals surface area contributed by atoms with Crippen LogP contribution < -0.4 is 0 Å². The summed E-state index contributed by atoms with van der Waals surface area (Å²) in [6.45, 7) is 2.93. The Morgan fingerprint density at radius 3 is 2.93 bits per heavy atom. The van der Waals surface area contributed by atoms with Crippen LogP contribution in [0.1, 0.15) is 5.56 Å². The third-order valence-corrected chi connectivity index (χ3v) is 2.62. The van der Waals surface area contributed by atoms with Gasteiger partial charge in [-0.3, -0.25) is 4.90 Å². The van der Waals surface area contributed by atoms with Crippen molar-refractivity contribution in [2.75, 3.05) is 19.8 Å². The number of nitriles is 1. The van der Waals surface area contributed by atoms with Crippen LogP contribution in [0.4, 0.5) is 0 Å². The molecule has 0 radical (unpaired) electrons. The summed E-state index contributed by atoms with van der Waals surface area (Å²) in [6, 6.07) is 12.4. The topological polar surface area (TPSA) is 36.3 Å². The van der Waals surface area contributed by atoms with E-state index in [0.29, 0.717) is 6.61 Å². The maximum absolute atomic E-state index is 8.97. The second kappa shape index (κ2) is 4.92. The number of benzene rings is 1. The molecule has 15 heavy (non-hydrogen) atoms. The summed E-state index contributed by atoms with van der Waals surface area (Å²) < 4.78 is 5.28. The highest BCUT2D eigenvalue weighted by molar-refractivity contribution is 5.15. The van der Waals surface area contributed by atoms with Gasteiger partial charge in [0.2, 0.25) is 0 Å². The van der Waals surface area contributed by atoms with Crippen molar-refractivity contribution < 1.29 is 4.74 Å². The Morgan fingerprint density at radius 2 is 2.20 bits per heavy atom. The first kappa shape index (κ1) is 10.2. The quantitative estimate of drug-likeness (QED) is 0.727. The fraction of sp³-hybridized carbons (Fsp3) is 0.417. The van der Waals surface area contributed by atoms with Crippen molar-refractivity contribution in [3.05, 3.63) is 35.9 Å². The first-order valence-electron chi connectivity index (χ1n) is 5.15. The summed E-state index contributed by atoms with van der Waals surface area (Å²) in [4.78, 5) is 2.17. The zero-order valence-corrected chi connectivity index (χ0v) is 8.60. The highest BCUT2D eigenvalue weighted by Gasteiger charge is 2.22. The summed E-state index contributed by atoms with van der Waals surface area (Å²) >= 11 is 0. The Hall–Kier alpha value is -1.37. The van der Waals surface area contributed by atoms with Gasteiger partial charge in [-0.15, -0.1) is 0 Å². The minimum Gasteiger partial charge on any atom is -0.377 e. The normalized spacial score (nSPS) is 22.2. The molecule has 0 saturated carbocycles. The van der Waals surface area contributed by atoms with Crippen molar-refractivity contribution in [2.24, 2.45) is 0 Å². The zero-order valence-electron chi connectivity index (χ0n) is 8.60. The van der Waals surface area contributed by atoms with E-state index in [1.807, 2.05) is 18.2 Å². The first-order chi connectivity index (χ1) is 7.40. The van der Waals surface area contributed by atoms with E-state index in [1.54, 1.807) is 0 Å². The van der Waals surface area contributed by atoms with E-state index < -0.39 is 0 Å². The van der Waals surface area contributed by atoms with E-state index in [-0.39, 0.29) is 6.04 Å². The van der Waals surface area contributed by atoms with Gasteiger partial charge in [-0.25, -0.2) is 0 Å². The fourth-order valence-electron chi connectivity index (χ4n) is 1.76. The maximum Gasteiger partial charge on any atom is 0.122 e. The molecule has 1 saturated heterocycles. The van der Waals surface area contributed by atoms with E-state index in [0.717, 1.165) is 19.7 Å². The third-order valence-electron chi connectivity index (χ3n) is 2.62. The van der Waals surface area contributed by atoms with Crippen LogP contribution in [-0.4, -0.2) is 30.7 Å². The standard InChI is InChI=1S/C12H14N2O/c13-8-12-10-15-7-6-14(12)9-11-4-2-1-3-5-11/h1-5,12H,6-7,9-10H2/t12-/m1/s1. The monoisotopic (exact) mass is 202 g/mol. The van der Waals surface area contributed by atoms with Crippen molar-refractivity contribution in [3.63, 3.8) is 0 Å². The van der Waals surface area contributed by atoms with Crippen molar-refractivity contribution in [3.8, 4) is 6.07 Å². The Bertz CT molecular complexity index is 344. The fourth-order valence-corrected chi connectivity index (χ4v) is 1.76. The van der Waals surface area contributed by atoms with Gasteiger partial charge >= 0.3 is 0 Å². The van der Waals surface area contributed by atoms with E-state index in [9.17, 15) is 0 Å². The molecule has 78 valence electrons. The molecule has 0 bridgehead atoms. The summed E-state index contributed by atoms with van der Waals surface area (Å²) in [6.07, 6.45) is 0. The molecular weight excluding hydrogens is 188 g/mol. The molecule has 1 aliphatic heterocycles. The molecule has 1 heterocycles. The molecule has 0 spiro atoms. The van der Waals surface area contributed by atoms with Gasteiger partial charge in [0.15, 0.2) is 0 Å². The summed E-state index contributed by atoms with van der Waals surface area (Å²) in [5, 5.41) is 8.97. The van der Waals surface area contributed by atoms with Gasteiger partial charge in [0.05, 0.1) is 19.3 Å². The second-order valence-electron chi connectivity index (χ2n) is 3.68. The van der Waals surface area contributed by atoms with Crippen molar-refractivity contribution in [1.82, 2.24) is 4.90 Å². The van der Waals surface area contributed by atoms with Crippen LogP contribution in [0.2, 0.25) is 0 Å². The number of hydrogen-bond acceptors (Lipinski definition) is 3. The Morgan fingerprint density at radius 1 is 1.40 bits per heavy atom. The molecule has 2 rings (SSSR count). The molecule has 0 unspecified atom stereocenters. The Balaban J connectivity index is 2.01. The number of morpholine rings is 1. The van der Waals surface area contributed by atoms with Gasteiger partial charge in [0.1, 0.15) is 6.04 Å². The number of hydrogen-bond donors (Lipinski definition) is 0. The van der Waals surface area contributed by atoms with Crippen molar-refractivity contribution in [2.45, 2.75) is 12.6 Å². The average Bonchev–Trinajstić information content (AvgIpc) is 2.31. The van der Waals surface area contributed by atoms with Gasteiger partial charge in [0.25, 0.3) is 0 Å². The molecule has 0 aromatic heterocycles. The summed E-state index contributed by atoms with van der Waals surface area (Å²) in [7, 11) is 0. The third kappa shape index (κ3) is 2.56. The Kier molecular flexibility index (Phi) is 3.33. The molecule has 1 atom stereocenters. The minimum atomic E-state index is -0.0982. The zero-order chi connectivity index (χ0) is 10.5. The molecule has 1 aliphatic rings. The lowest BCUT2D eigenvalue weighted by molar-refractivity contribution is 0.00889. The predicted octanol–water partition coefficient (Wildman–Crippen LogP) is 1.41. The van der Waals surface area contributed by atoms with Crippen LogP contribution in [-0.2, 0) is 11.3 Å². The van der Waals surface area contributed by atoms with Gasteiger partial charge < -0.3 is 4.74 Å². The maximum atomic E-state index is 8.97.